The van der Waals surface area contributed by atoms with Gasteiger partial charge in [0.1, 0.15) is 5.60 Å². The van der Waals surface area contributed by atoms with Crippen molar-refractivity contribution in [2.45, 2.75) is 52.1 Å². The normalized spacial score (nSPS) is 23.9. The van der Waals surface area contributed by atoms with Gasteiger partial charge in [0.05, 0.1) is 5.76 Å². The smallest absolute Gasteiger partial charge is 0.410 e. The molecular weight excluding hydrogens is 254 g/mol. The average Bonchev–Trinajstić information content (AvgIpc) is 2.37. The lowest BCUT2D eigenvalue weighted by Gasteiger charge is -2.35. The highest BCUT2D eigenvalue weighted by Crippen LogP contribution is 2.29. The molecule has 1 N–H and O–H groups in total. The maximum Gasteiger partial charge on any atom is 0.410 e. The van der Waals surface area contributed by atoms with Gasteiger partial charge < -0.3 is 14.7 Å². The highest BCUT2D eigenvalue weighted by Gasteiger charge is 2.29. The first-order chi connectivity index (χ1) is 9.35. The van der Waals surface area contributed by atoms with Crippen LogP contribution in [-0.2, 0) is 4.74 Å². The maximum absolute atomic E-state index is 12.1. The van der Waals surface area contributed by atoms with Crippen LogP contribution in [0.5, 0.6) is 0 Å². The third-order valence-corrected chi connectivity index (χ3v) is 3.66. The van der Waals surface area contributed by atoms with Gasteiger partial charge in [-0.05, 0) is 51.7 Å². The van der Waals surface area contributed by atoms with Crippen LogP contribution < -0.4 is 0 Å². The van der Waals surface area contributed by atoms with Crippen molar-refractivity contribution in [3.8, 4) is 0 Å². The number of nitrogens with zero attached hydrogens (tertiary/aromatic N) is 1. The van der Waals surface area contributed by atoms with Crippen LogP contribution in [0.4, 0.5) is 4.79 Å². The molecule has 2 aliphatic rings. The fraction of sp³-hybridized carbons (Fsp3) is 0.688. The molecule has 4 heteroatoms. The third kappa shape index (κ3) is 4.02. The van der Waals surface area contributed by atoms with E-state index in [4.69, 9.17) is 4.74 Å². The van der Waals surface area contributed by atoms with E-state index >= 15 is 0 Å². The molecule has 1 aliphatic heterocycles. The Hall–Kier alpha value is -1.45. The molecule has 1 unspecified atom stereocenters. The summed E-state index contributed by atoms with van der Waals surface area (Å²) in [5, 5.41) is 9.65. The van der Waals surface area contributed by atoms with Crippen molar-refractivity contribution in [3.63, 3.8) is 0 Å². The highest BCUT2D eigenvalue weighted by molar-refractivity contribution is 5.68. The van der Waals surface area contributed by atoms with E-state index in [-0.39, 0.29) is 6.09 Å². The average molecular weight is 279 g/mol. The molecule has 1 atom stereocenters. The molecule has 0 spiro atoms. The Morgan fingerprint density at radius 3 is 2.85 bits per heavy atom. The Kier molecular flexibility index (Phi) is 4.41. The summed E-state index contributed by atoms with van der Waals surface area (Å²) in [6.45, 7) is 7.10. The molecule has 2 rings (SSSR count). The van der Waals surface area contributed by atoms with Gasteiger partial charge in [0.2, 0.25) is 0 Å². The fourth-order valence-electron chi connectivity index (χ4n) is 2.74. The predicted molar refractivity (Wildman–Crippen MR) is 78.6 cm³/mol. The van der Waals surface area contributed by atoms with Gasteiger partial charge in [-0.2, -0.15) is 0 Å². The van der Waals surface area contributed by atoms with E-state index in [0.717, 1.165) is 32.2 Å². The van der Waals surface area contributed by atoms with E-state index in [1.165, 1.54) is 5.57 Å². The highest BCUT2D eigenvalue weighted by atomic mass is 16.6. The lowest BCUT2D eigenvalue weighted by Crippen LogP contribution is -2.43. The van der Waals surface area contributed by atoms with Crippen LogP contribution in [0.3, 0.4) is 0 Å². The van der Waals surface area contributed by atoms with Gasteiger partial charge in [-0.25, -0.2) is 4.79 Å². The van der Waals surface area contributed by atoms with Crippen molar-refractivity contribution in [1.29, 1.82) is 0 Å². The molecule has 0 bridgehead atoms. The number of ether oxygens (including phenoxy) is 1. The van der Waals surface area contributed by atoms with Gasteiger partial charge in [0.15, 0.2) is 0 Å². The molecule has 4 nitrogen and oxygen atoms in total. The minimum absolute atomic E-state index is 0.230. The molecular formula is C16H25NO3. The number of carbonyl (C=O) groups is 1. The molecule has 1 fully saturated rings. The lowest BCUT2D eigenvalue weighted by atomic mass is 9.87. The molecule has 0 aromatic carbocycles. The fourth-order valence-corrected chi connectivity index (χ4v) is 2.74. The molecule has 20 heavy (non-hydrogen) atoms. The second kappa shape index (κ2) is 5.90. The standard InChI is InChI=1S/C16H25NO3/c1-16(2,3)20-15(19)17-9-5-7-13(11-17)12-6-4-8-14(18)10-12/h6,10,13,18H,4-5,7-9,11H2,1-3H3. The summed E-state index contributed by atoms with van der Waals surface area (Å²) < 4.78 is 5.44. The molecule has 0 aromatic heterocycles. The lowest BCUT2D eigenvalue weighted by molar-refractivity contribution is 0.0183. The third-order valence-electron chi connectivity index (χ3n) is 3.66. The number of amides is 1. The van der Waals surface area contributed by atoms with Gasteiger partial charge in [-0.1, -0.05) is 6.08 Å². The summed E-state index contributed by atoms with van der Waals surface area (Å²) in [5.41, 5.74) is 0.716. The summed E-state index contributed by atoms with van der Waals surface area (Å²) in [6.07, 6.45) is 7.49. The van der Waals surface area contributed by atoms with Crippen LogP contribution in [0, 0.1) is 5.92 Å². The molecule has 1 heterocycles. The van der Waals surface area contributed by atoms with E-state index in [2.05, 4.69) is 6.08 Å². The van der Waals surface area contributed by atoms with Crippen molar-refractivity contribution in [3.05, 3.63) is 23.5 Å². The Labute approximate surface area is 121 Å². The van der Waals surface area contributed by atoms with Crippen molar-refractivity contribution >= 4 is 6.09 Å². The quantitative estimate of drug-likeness (QED) is 0.794. The molecule has 0 saturated carbocycles. The molecule has 1 amide bonds. The van der Waals surface area contributed by atoms with Crippen LogP contribution >= 0.6 is 0 Å². The molecule has 0 aromatic rings. The Bertz CT molecular complexity index is 431. The summed E-state index contributed by atoms with van der Waals surface area (Å²) in [4.78, 5) is 13.9. The number of likely N-dealkylation sites (tertiary alicyclic amines) is 1. The largest absolute Gasteiger partial charge is 0.512 e. The number of rotatable bonds is 1. The van der Waals surface area contributed by atoms with E-state index in [1.807, 2.05) is 26.8 Å². The Morgan fingerprint density at radius 1 is 1.45 bits per heavy atom. The zero-order chi connectivity index (χ0) is 14.8. The minimum Gasteiger partial charge on any atom is -0.512 e. The van der Waals surface area contributed by atoms with Crippen molar-refractivity contribution in [2.24, 2.45) is 5.92 Å². The molecule has 1 aliphatic carbocycles. The summed E-state index contributed by atoms with van der Waals surface area (Å²) in [5.74, 6) is 0.774. The Morgan fingerprint density at radius 2 is 2.20 bits per heavy atom. The zero-order valence-electron chi connectivity index (χ0n) is 12.7. The first-order valence-electron chi connectivity index (χ1n) is 7.43. The van der Waals surface area contributed by atoms with E-state index in [9.17, 15) is 9.90 Å². The Balaban J connectivity index is 1.98. The molecule has 112 valence electrons. The summed E-state index contributed by atoms with van der Waals surface area (Å²) >= 11 is 0. The van der Waals surface area contributed by atoms with Gasteiger partial charge in [0, 0.05) is 25.4 Å². The SMILES string of the molecule is CC(C)(C)OC(=O)N1CCCC(C2=CCCC(O)=C2)C1. The zero-order valence-corrected chi connectivity index (χ0v) is 12.7. The summed E-state index contributed by atoms with van der Waals surface area (Å²) in [6, 6.07) is 0. The van der Waals surface area contributed by atoms with Crippen LogP contribution in [0.15, 0.2) is 23.5 Å². The van der Waals surface area contributed by atoms with Crippen molar-refractivity contribution in [2.75, 3.05) is 13.1 Å². The number of hydrogen-bond donors (Lipinski definition) is 1. The van der Waals surface area contributed by atoms with Crippen molar-refractivity contribution in [1.82, 2.24) is 4.90 Å². The monoisotopic (exact) mass is 279 g/mol. The van der Waals surface area contributed by atoms with Gasteiger partial charge in [0.25, 0.3) is 0 Å². The number of aliphatic hydroxyl groups excluding tert-OH is 1. The topological polar surface area (TPSA) is 49.8 Å². The van der Waals surface area contributed by atoms with Crippen LogP contribution in [0.2, 0.25) is 0 Å². The van der Waals surface area contributed by atoms with E-state index < -0.39 is 5.60 Å². The van der Waals surface area contributed by atoms with E-state index in [0.29, 0.717) is 18.2 Å². The molecule has 1 saturated heterocycles. The van der Waals surface area contributed by atoms with Gasteiger partial charge in [-0.3, -0.25) is 0 Å². The second-order valence-electron chi connectivity index (χ2n) is 6.64. The van der Waals surface area contributed by atoms with E-state index in [1.54, 1.807) is 4.90 Å². The number of aliphatic hydroxyl groups is 1. The van der Waals surface area contributed by atoms with Crippen LogP contribution in [0.1, 0.15) is 46.5 Å². The first kappa shape index (κ1) is 14.9. The number of carbonyl (C=O) groups excluding carboxylic acids is 1. The van der Waals surface area contributed by atoms with Crippen LogP contribution in [-0.4, -0.2) is 34.8 Å². The maximum atomic E-state index is 12.1. The number of allylic oxidation sites excluding steroid dienone is 3. The number of hydrogen-bond acceptors (Lipinski definition) is 3. The van der Waals surface area contributed by atoms with Gasteiger partial charge >= 0.3 is 6.09 Å². The van der Waals surface area contributed by atoms with Gasteiger partial charge in [-0.15, -0.1) is 0 Å². The predicted octanol–water partition coefficient (Wildman–Crippen LogP) is 3.80. The summed E-state index contributed by atoms with van der Waals surface area (Å²) in [7, 11) is 0. The number of piperidine rings is 1. The van der Waals surface area contributed by atoms with Crippen molar-refractivity contribution < 1.29 is 14.6 Å². The van der Waals surface area contributed by atoms with Crippen LogP contribution in [0.25, 0.3) is 0 Å². The first-order valence-corrected chi connectivity index (χ1v) is 7.43. The second-order valence-corrected chi connectivity index (χ2v) is 6.64. The minimum atomic E-state index is -0.452. The molecule has 0 radical (unpaired) electrons.